The number of pyridine rings is 1. The smallest absolute Gasteiger partial charge is 0.340 e. The fraction of sp³-hybridized carbons (Fsp3) is 0.333. The van der Waals surface area contributed by atoms with Crippen LogP contribution in [0.3, 0.4) is 0 Å². The van der Waals surface area contributed by atoms with Crippen molar-refractivity contribution in [3.05, 3.63) is 28.6 Å². The van der Waals surface area contributed by atoms with Gasteiger partial charge in [0.25, 0.3) is 0 Å². The van der Waals surface area contributed by atoms with Crippen LogP contribution in [0.25, 0.3) is 0 Å². The maximum Gasteiger partial charge on any atom is 0.340 e. The van der Waals surface area contributed by atoms with Crippen LogP contribution in [0.2, 0.25) is 0 Å². The summed E-state index contributed by atoms with van der Waals surface area (Å²) in [6, 6.07) is 1.90. The van der Waals surface area contributed by atoms with Gasteiger partial charge in [0, 0.05) is 11.3 Å². The van der Waals surface area contributed by atoms with E-state index < -0.39 is 0 Å². The lowest BCUT2D eigenvalue weighted by atomic mass is 10.1. The van der Waals surface area contributed by atoms with E-state index in [-0.39, 0.29) is 5.97 Å². The first kappa shape index (κ1) is 7.28. The molecule has 3 heteroatoms. The van der Waals surface area contributed by atoms with Gasteiger partial charge in [-0.3, -0.25) is 4.98 Å². The van der Waals surface area contributed by atoms with Crippen LogP contribution in [-0.4, -0.2) is 11.0 Å². The quantitative estimate of drug-likeness (QED) is 0.542. The van der Waals surface area contributed by atoms with Crippen molar-refractivity contribution in [2.75, 3.05) is 0 Å². The number of hydrogen-bond donors (Lipinski definition) is 0. The van der Waals surface area contributed by atoms with Crippen LogP contribution in [0.4, 0.5) is 0 Å². The summed E-state index contributed by atoms with van der Waals surface area (Å²) in [7, 11) is 0. The number of fused-ring (bicyclic) bond motifs is 1. The molecule has 0 fully saturated rings. The molecular formula is C9H9NO2. The molecular weight excluding hydrogens is 154 g/mol. The van der Waals surface area contributed by atoms with Crippen LogP contribution in [0.15, 0.2) is 6.07 Å². The summed E-state index contributed by atoms with van der Waals surface area (Å²) in [6.07, 6.45) is 0. The van der Waals surface area contributed by atoms with E-state index in [1.165, 1.54) is 0 Å². The van der Waals surface area contributed by atoms with Crippen molar-refractivity contribution in [1.29, 1.82) is 0 Å². The van der Waals surface area contributed by atoms with Crippen molar-refractivity contribution >= 4 is 5.97 Å². The van der Waals surface area contributed by atoms with Crippen molar-refractivity contribution < 1.29 is 9.53 Å². The third kappa shape index (κ3) is 0.897. The molecule has 0 atom stereocenters. The van der Waals surface area contributed by atoms with Crippen LogP contribution in [0, 0.1) is 13.8 Å². The fourth-order valence-electron chi connectivity index (χ4n) is 1.52. The maximum atomic E-state index is 11.1. The molecule has 0 aliphatic carbocycles. The van der Waals surface area contributed by atoms with E-state index in [2.05, 4.69) is 4.98 Å². The van der Waals surface area contributed by atoms with Gasteiger partial charge >= 0.3 is 5.97 Å². The minimum atomic E-state index is -0.241. The molecule has 3 nitrogen and oxygen atoms in total. The number of esters is 1. The zero-order valence-electron chi connectivity index (χ0n) is 7.05. The Morgan fingerprint density at radius 1 is 1.50 bits per heavy atom. The molecule has 0 unspecified atom stereocenters. The van der Waals surface area contributed by atoms with Gasteiger partial charge in [0.15, 0.2) is 0 Å². The molecule has 62 valence electrons. The normalized spacial score (nSPS) is 14.3. The number of hydrogen-bond acceptors (Lipinski definition) is 3. The number of cyclic esters (lactones) is 1. The molecule has 0 spiro atoms. The molecule has 2 rings (SSSR count). The van der Waals surface area contributed by atoms with E-state index in [4.69, 9.17) is 4.74 Å². The van der Waals surface area contributed by atoms with Gasteiger partial charge in [-0.25, -0.2) is 4.79 Å². The van der Waals surface area contributed by atoms with Crippen LogP contribution in [0.1, 0.15) is 27.3 Å². The van der Waals surface area contributed by atoms with Crippen LogP contribution in [-0.2, 0) is 11.3 Å². The van der Waals surface area contributed by atoms with Crippen LogP contribution >= 0.6 is 0 Å². The van der Waals surface area contributed by atoms with Crippen molar-refractivity contribution in [2.45, 2.75) is 20.5 Å². The Kier molecular flexibility index (Phi) is 1.40. The summed E-state index contributed by atoms with van der Waals surface area (Å²) >= 11 is 0. The van der Waals surface area contributed by atoms with Crippen molar-refractivity contribution in [1.82, 2.24) is 4.98 Å². The van der Waals surface area contributed by atoms with Crippen molar-refractivity contribution in [2.24, 2.45) is 0 Å². The van der Waals surface area contributed by atoms with Gasteiger partial charge in [-0.05, 0) is 19.9 Å². The van der Waals surface area contributed by atoms with E-state index in [1.54, 1.807) is 0 Å². The first-order valence-electron chi connectivity index (χ1n) is 3.83. The Labute approximate surface area is 70.4 Å². The molecule has 0 saturated heterocycles. The van der Waals surface area contributed by atoms with Gasteiger partial charge in [0.1, 0.15) is 6.61 Å². The monoisotopic (exact) mass is 163 g/mol. The highest BCUT2D eigenvalue weighted by atomic mass is 16.5. The first-order valence-corrected chi connectivity index (χ1v) is 3.83. The number of ether oxygens (including phenoxy) is 1. The second-order valence-electron chi connectivity index (χ2n) is 2.96. The third-order valence-corrected chi connectivity index (χ3v) is 1.97. The van der Waals surface area contributed by atoms with Crippen molar-refractivity contribution in [3.63, 3.8) is 0 Å². The molecule has 0 N–H and O–H groups in total. The Morgan fingerprint density at radius 2 is 2.25 bits per heavy atom. The van der Waals surface area contributed by atoms with E-state index in [0.717, 1.165) is 17.0 Å². The Hall–Kier alpha value is -1.38. The Balaban J connectivity index is 2.68. The highest BCUT2D eigenvalue weighted by molar-refractivity contribution is 5.94. The maximum absolute atomic E-state index is 11.1. The lowest BCUT2D eigenvalue weighted by Crippen LogP contribution is -2.00. The average Bonchev–Trinajstić information content (AvgIpc) is 2.31. The largest absolute Gasteiger partial charge is 0.457 e. The van der Waals surface area contributed by atoms with Gasteiger partial charge < -0.3 is 4.74 Å². The fourth-order valence-corrected chi connectivity index (χ4v) is 1.52. The van der Waals surface area contributed by atoms with Crippen LogP contribution < -0.4 is 0 Å². The minimum Gasteiger partial charge on any atom is -0.457 e. The van der Waals surface area contributed by atoms with E-state index >= 15 is 0 Å². The minimum absolute atomic E-state index is 0.241. The van der Waals surface area contributed by atoms with E-state index in [0.29, 0.717) is 12.2 Å². The van der Waals surface area contributed by atoms with E-state index in [9.17, 15) is 4.79 Å². The van der Waals surface area contributed by atoms with E-state index in [1.807, 2.05) is 19.9 Å². The second kappa shape index (κ2) is 2.30. The lowest BCUT2D eigenvalue weighted by Gasteiger charge is -1.99. The molecule has 1 aromatic heterocycles. The van der Waals surface area contributed by atoms with Crippen LogP contribution in [0.5, 0.6) is 0 Å². The first-order chi connectivity index (χ1) is 5.68. The molecule has 0 aromatic carbocycles. The summed E-state index contributed by atoms with van der Waals surface area (Å²) in [5.74, 6) is -0.241. The van der Waals surface area contributed by atoms with Gasteiger partial charge in [-0.1, -0.05) is 0 Å². The summed E-state index contributed by atoms with van der Waals surface area (Å²) < 4.78 is 4.88. The number of nitrogens with zero attached hydrogens (tertiary/aromatic N) is 1. The molecule has 0 saturated carbocycles. The molecule has 0 radical (unpaired) electrons. The molecule has 0 amide bonds. The Morgan fingerprint density at radius 3 is 3.00 bits per heavy atom. The predicted molar refractivity (Wildman–Crippen MR) is 42.8 cm³/mol. The summed E-state index contributed by atoms with van der Waals surface area (Å²) in [6.45, 7) is 4.15. The summed E-state index contributed by atoms with van der Waals surface area (Å²) in [4.78, 5) is 15.3. The third-order valence-electron chi connectivity index (χ3n) is 1.97. The lowest BCUT2D eigenvalue weighted by molar-refractivity contribution is 0.0534. The number of aryl methyl sites for hydroxylation is 2. The molecule has 1 aliphatic heterocycles. The number of carbonyl (C=O) groups is 1. The molecule has 1 aliphatic rings. The highest BCUT2D eigenvalue weighted by Gasteiger charge is 2.23. The molecule has 12 heavy (non-hydrogen) atoms. The highest BCUT2D eigenvalue weighted by Crippen LogP contribution is 2.22. The van der Waals surface area contributed by atoms with Gasteiger partial charge in [-0.2, -0.15) is 0 Å². The summed E-state index contributed by atoms with van der Waals surface area (Å²) in [5, 5.41) is 0. The molecule has 0 bridgehead atoms. The van der Waals surface area contributed by atoms with Gasteiger partial charge in [0.05, 0.1) is 11.3 Å². The number of carbonyl (C=O) groups excluding carboxylic acids is 1. The summed E-state index contributed by atoms with van der Waals surface area (Å²) in [5.41, 5.74) is 3.32. The number of aromatic nitrogens is 1. The topological polar surface area (TPSA) is 39.2 Å². The molecule has 1 aromatic rings. The molecule has 2 heterocycles. The van der Waals surface area contributed by atoms with Gasteiger partial charge in [-0.15, -0.1) is 0 Å². The standard InChI is InChI=1S/C9H9NO2/c1-5-3-7-4-12-9(11)8(7)6(2)10-5/h3H,4H2,1-2H3. The average molecular weight is 163 g/mol. The Bertz CT molecular complexity index is 358. The SMILES string of the molecule is Cc1cc2c(c(C)n1)C(=O)OC2. The zero-order valence-corrected chi connectivity index (χ0v) is 7.05. The predicted octanol–water partition coefficient (Wildman–Crippen LogP) is 1.37. The van der Waals surface area contributed by atoms with Crippen molar-refractivity contribution in [3.8, 4) is 0 Å². The van der Waals surface area contributed by atoms with Gasteiger partial charge in [0.2, 0.25) is 0 Å². The second-order valence-corrected chi connectivity index (χ2v) is 2.96. The number of rotatable bonds is 0. The zero-order chi connectivity index (χ0) is 8.72.